The summed E-state index contributed by atoms with van der Waals surface area (Å²) in [7, 11) is 2.58. The second-order valence-corrected chi connectivity index (χ2v) is 5.47. The van der Waals surface area contributed by atoms with Gasteiger partial charge >= 0.3 is 11.9 Å². The topological polar surface area (TPSA) is 52.6 Å². The molecule has 2 rings (SSSR count). The largest absolute Gasteiger partial charge is 0.465 e. The zero-order valence-corrected chi connectivity index (χ0v) is 14.3. The molecule has 0 radical (unpaired) electrons. The van der Waals surface area contributed by atoms with Crippen molar-refractivity contribution >= 4 is 23.1 Å². The summed E-state index contributed by atoms with van der Waals surface area (Å²) in [6.45, 7) is 3.90. The Balaban J connectivity index is 2.77. The molecule has 0 saturated carbocycles. The van der Waals surface area contributed by atoms with Crippen molar-refractivity contribution in [2.24, 2.45) is 0 Å². The van der Waals surface area contributed by atoms with E-state index < -0.39 is 11.9 Å². The summed E-state index contributed by atoms with van der Waals surface area (Å²) >= 11 is 0. The van der Waals surface area contributed by atoms with Crippen LogP contribution in [0, 0.1) is 13.8 Å². The lowest BCUT2D eigenvalue weighted by Gasteiger charge is -2.13. The Bertz CT molecular complexity index is 701. The summed E-state index contributed by atoms with van der Waals surface area (Å²) in [6, 6.07) is 14.7. The molecule has 0 amide bonds. The molecule has 0 N–H and O–H groups in total. The van der Waals surface area contributed by atoms with E-state index in [1.54, 1.807) is 24.3 Å². The maximum absolute atomic E-state index is 12.4. The number of carbonyl (C=O) groups excluding carboxylic acids is 2. The third-order valence-electron chi connectivity index (χ3n) is 3.71. The van der Waals surface area contributed by atoms with E-state index in [4.69, 9.17) is 9.47 Å². The van der Waals surface area contributed by atoms with Gasteiger partial charge in [0.1, 0.15) is 0 Å². The van der Waals surface area contributed by atoms with E-state index in [0.29, 0.717) is 11.1 Å². The van der Waals surface area contributed by atoms with Crippen molar-refractivity contribution in [2.45, 2.75) is 13.8 Å². The first-order valence-corrected chi connectivity index (χ1v) is 7.53. The summed E-state index contributed by atoms with van der Waals surface area (Å²) in [6.07, 6.45) is 0. The SMILES string of the molecule is COC(=O)/C(=C(/C(=O)OC)c1ccc(C)cc1)c1ccc(C)cc1. The predicted molar refractivity (Wildman–Crippen MR) is 93.2 cm³/mol. The highest BCUT2D eigenvalue weighted by molar-refractivity contribution is 6.37. The first-order chi connectivity index (χ1) is 11.5. The maximum Gasteiger partial charge on any atom is 0.339 e. The van der Waals surface area contributed by atoms with Gasteiger partial charge in [0.05, 0.1) is 25.4 Å². The van der Waals surface area contributed by atoms with Gasteiger partial charge in [-0.1, -0.05) is 59.7 Å². The summed E-state index contributed by atoms with van der Waals surface area (Å²) < 4.78 is 9.83. The van der Waals surface area contributed by atoms with Crippen LogP contribution in [0.3, 0.4) is 0 Å². The molecule has 2 aromatic carbocycles. The minimum absolute atomic E-state index is 0.188. The predicted octanol–water partition coefficient (Wildman–Crippen LogP) is 3.56. The molecule has 4 nitrogen and oxygen atoms in total. The van der Waals surface area contributed by atoms with Crippen molar-refractivity contribution in [2.75, 3.05) is 14.2 Å². The Morgan fingerprint density at radius 1 is 0.625 bits per heavy atom. The van der Waals surface area contributed by atoms with E-state index >= 15 is 0 Å². The van der Waals surface area contributed by atoms with Gasteiger partial charge in [0.15, 0.2) is 0 Å². The van der Waals surface area contributed by atoms with Crippen molar-refractivity contribution in [3.63, 3.8) is 0 Å². The van der Waals surface area contributed by atoms with Crippen molar-refractivity contribution in [3.8, 4) is 0 Å². The van der Waals surface area contributed by atoms with Crippen LogP contribution in [0.15, 0.2) is 48.5 Å². The van der Waals surface area contributed by atoms with E-state index in [-0.39, 0.29) is 11.1 Å². The number of carbonyl (C=O) groups is 2. The lowest BCUT2D eigenvalue weighted by Crippen LogP contribution is -2.13. The summed E-state index contributed by atoms with van der Waals surface area (Å²) in [5.41, 5.74) is 3.69. The lowest BCUT2D eigenvalue weighted by atomic mass is 9.93. The smallest absolute Gasteiger partial charge is 0.339 e. The first-order valence-electron chi connectivity index (χ1n) is 7.53. The molecule has 0 unspecified atom stereocenters. The molecule has 2 aromatic rings. The van der Waals surface area contributed by atoms with E-state index in [1.807, 2.05) is 38.1 Å². The summed E-state index contributed by atoms with van der Waals surface area (Å²) in [5.74, 6) is -1.17. The third kappa shape index (κ3) is 3.71. The highest BCUT2D eigenvalue weighted by Gasteiger charge is 2.25. The van der Waals surface area contributed by atoms with E-state index in [9.17, 15) is 9.59 Å². The van der Waals surface area contributed by atoms with Crippen LogP contribution in [0.4, 0.5) is 0 Å². The molecular formula is C20H20O4. The molecule has 0 fully saturated rings. The van der Waals surface area contributed by atoms with Crippen molar-refractivity contribution in [1.82, 2.24) is 0 Å². The molecule has 124 valence electrons. The maximum atomic E-state index is 12.4. The molecule has 0 aliphatic heterocycles. The fraction of sp³-hybridized carbons (Fsp3) is 0.200. The molecule has 0 bridgehead atoms. The zero-order valence-electron chi connectivity index (χ0n) is 14.3. The van der Waals surface area contributed by atoms with Gasteiger partial charge in [-0.3, -0.25) is 0 Å². The van der Waals surface area contributed by atoms with E-state index in [2.05, 4.69) is 0 Å². The fourth-order valence-corrected chi connectivity index (χ4v) is 2.37. The van der Waals surface area contributed by atoms with Crippen LogP contribution in [0.1, 0.15) is 22.3 Å². The van der Waals surface area contributed by atoms with Crippen LogP contribution in [-0.4, -0.2) is 26.2 Å². The number of ether oxygens (including phenoxy) is 2. The Labute approximate surface area is 141 Å². The number of hydrogen-bond acceptors (Lipinski definition) is 4. The van der Waals surface area contributed by atoms with Gasteiger partial charge in [-0.2, -0.15) is 0 Å². The highest BCUT2D eigenvalue weighted by Crippen LogP contribution is 2.29. The van der Waals surface area contributed by atoms with Gasteiger partial charge in [-0.15, -0.1) is 0 Å². The number of hydrogen-bond donors (Lipinski definition) is 0. The monoisotopic (exact) mass is 324 g/mol. The molecule has 0 heterocycles. The van der Waals surface area contributed by atoms with Crippen LogP contribution in [0.5, 0.6) is 0 Å². The zero-order chi connectivity index (χ0) is 17.7. The summed E-state index contributed by atoms with van der Waals surface area (Å²) in [4.78, 5) is 24.8. The van der Waals surface area contributed by atoms with Crippen molar-refractivity contribution in [1.29, 1.82) is 0 Å². The van der Waals surface area contributed by atoms with Gasteiger partial charge in [0, 0.05) is 0 Å². The van der Waals surface area contributed by atoms with Gasteiger partial charge in [-0.05, 0) is 25.0 Å². The Morgan fingerprint density at radius 2 is 0.917 bits per heavy atom. The van der Waals surface area contributed by atoms with Gasteiger partial charge in [0.2, 0.25) is 0 Å². The number of esters is 2. The fourth-order valence-electron chi connectivity index (χ4n) is 2.37. The van der Waals surface area contributed by atoms with Gasteiger partial charge in [-0.25, -0.2) is 9.59 Å². The van der Waals surface area contributed by atoms with Gasteiger partial charge < -0.3 is 9.47 Å². The highest BCUT2D eigenvalue weighted by atomic mass is 16.5. The number of methoxy groups -OCH3 is 2. The molecule has 0 atom stereocenters. The van der Waals surface area contributed by atoms with Crippen molar-refractivity contribution in [3.05, 3.63) is 70.8 Å². The third-order valence-corrected chi connectivity index (χ3v) is 3.71. The van der Waals surface area contributed by atoms with Gasteiger partial charge in [0.25, 0.3) is 0 Å². The van der Waals surface area contributed by atoms with Crippen molar-refractivity contribution < 1.29 is 19.1 Å². The standard InChI is InChI=1S/C20H20O4/c1-13-5-9-15(10-6-13)17(19(21)23-3)18(20(22)24-4)16-11-7-14(2)8-12-16/h5-12H,1-4H3/b18-17+. The molecule has 24 heavy (non-hydrogen) atoms. The van der Waals surface area contributed by atoms with E-state index in [0.717, 1.165) is 11.1 Å². The molecule has 0 aliphatic rings. The summed E-state index contributed by atoms with van der Waals surface area (Å²) in [5, 5.41) is 0. The molecule has 0 spiro atoms. The molecule has 0 saturated heterocycles. The lowest BCUT2D eigenvalue weighted by molar-refractivity contribution is -0.135. The molecule has 0 aromatic heterocycles. The minimum Gasteiger partial charge on any atom is -0.465 e. The number of benzene rings is 2. The Kier molecular flexibility index (Phi) is 5.53. The number of rotatable bonds is 4. The molecule has 4 heteroatoms. The second kappa shape index (κ2) is 7.59. The number of aryl methyl sites for hydroxylation is 2. The van der Waals surface area contributed by atoms with Crippen LogP contribution in [0.25, 0.3) is 11.1 Å². The minimum atomic E-state index is -0.583. The average molecular weight is 324 g/mol. The van der Waals surface area contributed by atoms with Crippen LogP contribution in [0.2, 0.25) is 0 Å². The Morgan fingerprint density at radius 3 is 1.17 bits per heavy atom. The van der Waals surface area contributed by atoms with Crippen LogP contribution in [-0.2, 0) is 19.1 Å². The first kappa shape index (κ1) is 17.5. The molecular weight excluding hydrogens is 304 g/mol. The normalized spacial score (nSPS) is 11.5. The van der Waals surface area contributed by atoms with Crippen LogP contribution >= 0.6 is 0 Å². The Hall–Kier alpha value is -2.88. The quantitative estimate of drug-likeness (QED) is 0.490. The average Bonchev–Trinajstić information content (AvgIpc) is 2.60. The second-order valence-electron chi connectivity index (χ2n) is 5.47. The van der Waals surface area contributed by atoms with Crippen LogP contribution < -0.4 is 0 Å². The molecule has 0 aliphatic carbocycles. The van der Waals surface area contributed by atoms with E-state index in [1.165, 1.54) is 14.2 Å².